The monoisotopic (exact) mass is 899 g/mol. The molecule has 2 aliphatic heterocycles. The molecular weight excluding hydrogens is 844 g/mol. The van der Waals surface area contributed by atoms with Crippen molar-refractivity contribution >= 4 is 64.3 Å². The molecule has 5 amide bonds. The number of carbonyl (C=O) groups is 5. The SMILES string of the molecule is CCCC(C(=O)NC=O)N1C(=O)c2cccc(NCCCCCCCCN3CCN(c4ccc(Nc5cc(Nc6ccccc6C(=O)NC)c(C(F)(F)F)cn5)c(OC)c4)CC3)c2C1=O. The average molecular weight is 900 g/mol. The Morgan fingerprint density at radius 2 is 1.57 bits per heavy atom. The number of pyridine rings is 1. The number of hydrogen-bond acceptors (Lipinski definition) is 12. The quantitative estimate of drug-likeness (QED) is 0.0298. The van der Waals surface area contributed by atoms with Crippen LogP contribution in [-0.2, 0) is 15.8 Å². The summed E-state index contributed by atoms with van der Waals surface area (Å²) in [5.74, 6) is -1.54. The van der Waals surface area contributed by atoms with E-state index >= 15 is 0 Å². The van der Waals surface area contributed by atoms with Gasteiger partial charge in [-0.15, -0.1) is 0 Å². The summed E-state index contributed by atoms with van der Waals surface area (Å²) >= 11 is 0. The highest BCUT2D eigenvalue weighted by Gasteiger charge is 2.43. The summed E-state index contributed by atoms with van der Waals surface area (Å²) in [6.45, 7) is 6.94. The number of unbranched alkanes of at least 4 members (excludes halogenated alkanes) is 5. The van der Waals surface area contributed by atoms with Gasteiger partial charge in [0.05, 0.1) is 46.4 Å². The van der Waals surface area contributed by atoms with Gasteiger partial charge >= 0.3 is 6.18 Å². The second kappa shape index (κ2) is 22.3. The Bertz CT molecular complexity index is 2340. The zero-order chi connectivity index (χ0) is 46.5. The summed E-state index contributed by atoms with van der Waals surface area (Å²) in [6.07, 6.45) is 3.40. The lowest BCUT2D eigenvalue weighted by Gasteiger charge is -2.36. The average Bonchev–Trinajstić information content (AvgIpc) is 3.56. The lowest BCUT2D eigenvalue weighted by Crippen LogP contribution is -2.49. The van der Waals surface area contributed by atoms with Gasteiger partial charge in [-0.05, 0) is 62.2 Å². The van der Waals surface area contributed by atoms with Crippen LogP contribution in [0.15, 0.2) is 72.9 Å². The number of halogens is 3. The molecule has 0 bridgehead atoms. The van der Waals surface area contributed by atoms with E-state index in [1.165, 1.54) is 32.4 Å². The van der Waals surface area contributed by atoms with Gasteiger partial charge in [-0.1, -0.05) is 57.2 Å². The number of hydrogen-bond donors (Lipinski definition) is 5. The van der Waals surface area contributed by atoms with Gasteiger partial charge in [-0.25, -0.2) is 4.98 Å². The fourth-order valence-electron chi connectivity index (χ4n) is 8.20. The fourth-order valence-corrected chi connectivity index (χ4v) is 8.20. The second-order valence-corrected chi connectivity index (χ2v) is 15.9. The minimum atomic E-state index is -4.70. The Morgan fingerprint density at radius 1 is 0.846 bits per heavy atom. The molecule has 0 spiro atoms. The molecule has 1 fully saturated rings. The standard InChI is InChI=1S/C47H56F3N9O6/c1-4-14-39(44(62)54-30-60)59-45(63)33-16-13-18-37(42(33)46(59)64)52-21-11-7-5-6-8-12-22-57-23-25-58(26-24-57)31-19-20-36(40(27-31)65-3)56-41-28-38(34(29-53-41)47(48,49)50)55-35-17-10-9-15-32(35)43(61)51-2/h9-10,13,15-20,27-30,39,52H,4-8,11-12,14,21-26H2,1-3H3,(H,51,61)(H2,53,55,56)(H,54,60,62). The molecular formula is C47H56F3N9O6. The number of fused-ring (bicyclic) bond motifs is 1. The van der Waals surface area contributed by atoms with Crippen LogP contribution in [0.5, 0.6) is 5.75 Å². The van der Waals surface area contributed by atoms with E-state index < -0.39 is 41.4 Å². The number of ether oxygens (including phenoxy) is 1. The van der Waals surface area contributed by atoms with Crippen molar-refractivity contribution in [2.45, 2.75) is 70.5 Å². The molecule has 346 valence electrons. The zero-order valence-corrected chi connectivity index (χ0v) is 36.9. The van der Waals surface area contributed by atoms with Gasteiger partial charge in [0, 0.05) is 69.5 Å². The molecule has 6 rings (SSSR count). The molecule has 5 N–H and O–H groups in total. The van der Waals surface area contributed by atoms with Gasteiger partial charge in [-0.2, -0.15) is 13.2 Å². The first kappa shape index (κ1) is 47.8. The van der Waals surface area contributed by atoms with Crippen molar-refractivity contribution in [2.75, 3.05) is 74.3 Å². The molecule has 2 aliphatic rings. The number of imide groups is 2. The Balaban J connectivity index is 0.922. The summed E-state index contributed by atoms with van der Waals surface area (Å²) in [4.78, 5) is 72.2. The van der Waals surface area contributed by atoms with Crippen LogP contribution in [0.3, 0.4) is 0 Å². The molecule has 3 heterocycles. The Morgan fingerprint density at radius 3 is 2.28 bits per heavy atom. The van der Waals surface area contributed by atoms with Crippen LogP contribution >= 0.6 is 0 Å². The van der Waals surface area contributed by atoms with Crippen LogP contribution in [0.1, 0.15) is 94.9 Å². The summed E-state index contributed by atoms with van der Waals surface area (Å²) in [7, 11) is 2.98. The number of alkyl halides is 3. The van der Waals surface area contributed by atoms with Crippen molar-refractivity contribution in [2.24, 2.45) is 0 Å². The van der Waals surface area contributed by atoms with Crippen LogP contribution in [-0.4, -0.2) is 104 Å². The maximum absolute atomic E-state index is 14.0. The third-order valence-electron chi connectivity index (χ3n) is 11.6. The highest BCUT2D eigenvalue weighted by atomic mass is 19.4. The number of amides is 5. The van der Waals surface area contributed by atoms with E-state index in [1.54, 1.807) is 30.3 Å². The third kappa shape index (κ3) is 11.7. The van der Waals surface area contributed by atoms with Gasteiger partial charge in [0.25, 0.3) is 17.7 Å². The van der Waals surface area contributed by atoms with Crippen molar-refractivity contribution in [1.82, 2.24) is 25.4 Å². The Hall–Kier alpha value is -6.69. The van der Waals surface area contributed by atoms with Crippen LogP contribution in [0.4, 0.5) is 47.4 Å². The van der Waals surface area contributed by atoms with E-state index in [1.807, 2.05) is 25.1 Å². The highest BCUT2D eigenvalue weighted by molar-refractivity contribution is 6.25. The van der Waals surface area contributed by atoms with Gasteiger partial charge in [-0.3, -0.25) is 39.1 Å². The highest BCUT2D eigenvalue weighted by Crippen LogP contribution is 2.39. The molecule has 1 unspecified atom stereocenters. The maximum atomic E-state index is 14.0. The predicted octanol–water partition coefficient (Wildman–Crippen LogP) is 7.57. The maximum Gasteiger partial charge on any atom is 0.419 e. The van der Waals surface area contributed by atoms with E-state index in [0.29, 0.717) is 30.1 Å². The fraction of sp³-hybridized carbons (Fsp3) is 0.404. The van der Waals surface area contributed by atoms with Crippen molar-refractivity contribution in [3.8, 4) is 5.75 Å². The minimum Gasteiger partial charge on any atom is -0.494 e. The number of rotatable bonds is 22. The number of aromatic nitrogens is 1. The van der Waals surface area contributed by atoms with Gasteiger partial charge < -0.3 is 30.9 Å². The van der Waals surface area contributed by atoms with Gasteiger partial charge in [0.15, 0.2) is 0 Å². The van der Waals surface area contributed by atoms with Crippen molar-refractivity contribution < 1.29 is 41.9 Å². The van der Waals surface area contributed by atoms with Gasteiger partial charge in [0.2, 0.25) is 12.3 Å². The van der Waals surface area contributed by atoms with Crippen LogP contribution in [0.2, 0.25) is 0 Å². The molecule has 0 aliphatic carbocycles. The molecule has 1 atom stereocenters. The number of para-hydroxylation sites is 1. The minimum absolute atomic E-state index is 0.149. The first-order chi connectivity index (χ1) is 31.4. The predicted molar refractivity (Wildman–Crippen MR) is 243 cm³/mol. The molecule has 1 saturated heterocycles. The van der Waals surface area contributed by atoms with Crippen LogP contribution in [0, 0.1) is 0 Å². The molecule has 4 aromatic rings. The lowest BCUT2D eigenvalue weighted by molar-refractivity contribution is -0.137. The van der Waals surface area contributed by atoms with E-state index in [0.717, 1.165) is 88.0 Å². The number of carbonyl (C=O) groups excluding carboxylic acids is 5. The van der Waals surface area contributed by atoms with E-state index in [-0.39, 0.29) is 46.7 Å². The summed E-state index contributed by atoms with van der Waals surface area (Å²) in [5.41, 5.74) is 1.71. The number of methoxy groups -OCH3 is 1. The molecule has 65 heavy (non-hydrogen) atoms. The summed E-state index contributed by atoms with van der Waals surface area (Å²) < 4.78 is 47.8. The van der Waals surface area contributed by atoms with E-state index in [9.17, 15) is 37.1 Å². The number of benzene rings is 3. The van der Waals surface area contributed by atoms with E-state index in [4.69, 9.17) is 4.74 Å². The normalized spacial score (nSPS) is 14.4. The molecule has 3 aromatic carbocycles. The van der Waals surface area contributed by atoms with Gasteiger partial charge in [0.1, 0.15) is 17.6 Å². The molecule has 18 heteroatoms. The number of anilines is 6. The van der Waals surface area contributed by atoms with Crippen LogP contribution in [0.25, 0.3) is 0 Å². The smallest absolute Gasteiger partial charge is 0.419 e. The number of nitrogens with zero attached hydrogens (tertiary/aromatic N) is 4. The first-order valence-corrected chi connectivity index (χ1v) is 21.9. The van der Waals surface area contributed by atoms with E-state index in [2.05, 4.69) is 41.4 Å². The third-order valence-corrected chi connectivity index (χ3v) is 11.6. The van der Waals surface area contributed by atoms with Crippen molar-refractivity contribution in [3.63, 3.8) is 0 Å². The van der Waals surface area contributed by atoms with Crippen molar-refractivity contribution in [1.29, 1.82) is 0 Å². The number of nitrogens with one attached hydrogen (secondary N) is 5. The topological polar surface area (TPSA) is 177 Å². The van der Waals surface area contributed by atoms with Crippen LogP contribution < -0.4 is 36.2 Å². The second-order valence-electron chi connectivity index (χ2n) is 15.9. The van der Waals surface area contributed by atoms with Crippen molar-refractivity contribution in [3.05, 3.63) is 95.2 Å². The first-order valence-electron chi connectivity index (χ1n) is 21.9. The summed E-state index contributed by atoms with van der Waals surface area (Å²) in [6, 6.07) is 17.2. The summed E-state index contributed by atoms with van der Waals surface area (Å²) in [5, 5.41) is 13.8. The number of piperazine rings is 1. The lowest BCUT2D eigenvalue weighted by atomic mass is 10.1. The Labute approximate surface area is 376 Å². The largest absolute Gasteiger partial charge is 0.494 e. The molecule has 0 radical (unpaired) electrons. The Kier molecular flexibility index (Phi) is 16.4. The molecule has 1 aromatic heterocycles. The zero-order valence-electron chi connectivity index (χ0n) is 36.9. The molecule has 0 saturated carbocycles. The molecule has 15 nitrogen and oxygen atoms in total.